The number of carbonyl (C=O) groups excluding carboxylic acids is 1. The zero-order valence-electron chi connectivity index (χ0n) is 15.8. The Bertz CT molecular complexity index is 420. The molecule has 0 spiro atoms. The van der Waals surface area contributed by atoms with Gasteiger partial charge in [-0.25, -0.2) is 4.79 Å². The Kier molecular flexibility index (Phi) is 8.31. The van der Waals surface area contributed by atoms with E-state index < -0.39 is 5.60 Å². The number of hydrogen-bond acceptors (Lipinski definition) is 4. The number of guanidine groups is 1. The van der Waals surface area contributed by atoms with Crippen LogP contribution in [0, 0.1) is 0 Å². The van der Waals surface area contributed by atoms with E-state index in [1.54, 1.807) is 7.05 Å². The van der Waals surface area contributed by atoms with Gasteiger partial charge in [-0.05, 0) is 59.8 Å². The molecule has 0 saturated heterocycles. The summed E-state index contributed by atoms with van der Waals surface area (Å²) in [5, 5.41) is 9.70. The molecule has 1 aliphatic rings. The van der Waals surface area contributed by atoms with Crippen LogP contribution in [0.5, 0.6) is 0 Å². The highest BCUT2D eigenvalue weighted by Crippen LogP contribution is 2.20. The van der Waals surface area contributed by atoms with Gasteiger partial charge in [-0.3, -0.25) is 4.99 Å². The first kappa shape index (κ1) is 20.5. The van der Waals surface area contributed by atoms with Gasteiger partial charge in [-0.2, -0.15) is 0 Å². The third kappa shape index (κ3) is 8.96. The van der Waals surface area contributed by atoms with Gasteiger partial charge in [0.1, 0.15) is 5.60 Å². The summed E-state index contributed by atoms with van der Waals surface area (Å²) in [6.07, 6.45) is 4.93. The van der Waals surface area contributed by atoms with Crippen LogP contribution in [0.25, 0.3) is 0 Å². The lowest BCUT2D eigenvalue weighted by molar-refractivity contribution is 0.0526. The van der Waals surface area contributed by atoms with Gasteiger partial charge in [-0.1, -0.05) is 0 Å². The van der Waals surface area contributed by atoms with Crippen LogP contribution in [-0.2, 0) is 4.74 Å². The first-order valence-electron chi connectivity index (χ1n) is 8.91. The molecule has 1 fully saturated rings. The highest BCUT2D eigenvalue weighted by atomic mass is 16.6. The fourth-order valence-electron chi connectivity index (χ4n) is 2.94. The topological polar surface area (TPSA) is 101 Å². The minimum Gasteiger partial charge on any atom is -0.444 e. The molecule has 0 aromatic rings. The maximum atomic E-state index is 11.6. The molecule has 140 valence electrons. The fraction of sp³-hybridized carbons (Fsp3) is 0.882. The van der Waals surface area contributed by atoms with Gasteiger partial charge in [0.05, 0.1) is 0 Å². The lowest BCUT2D eigenvalue weighted by Crippen LogP contribution is -2.41. The van der Waals surface area contributed by atoms with E-state index in [-0.39, 0.29) is 6.09 Å². The summed E-state index contributed by atoms with van der Waals surface area (Å²) in [5.41, 5.74) is 5.27. The van der Waals surface area contributed by atoms with Crippen molar-refractivity contribution in [1.29, 1.82) is 0 Å². The standard InChI is InChI=1S/C17H35N5O2/c1-12(7-6-10-20-16(23)24-17(2,3)4)21-13-8-9-14(11-13)22-15(18)19-5/h12-14,21H,6-11H2,1-5H3,(H,20,23)(H3,18,19,22)/t12?,13-,14-/m0/s1. The summed E-state index contributed by atoms with van der Waals surface area (Å²) in [4.78, 5) is 15.5. The van der Waals surface area contributed by atoms with E-state index in [1.807, 2.05) is 20.8 Å². The molecular formula is C17H35N5O2. The van der Waals surface area contributed by atoms with E-state index in [9.17, 15) is 4.79 Å². The molecule has 0 aromatic carbocycles. The van der Waals surface area contributed by atoms with E-state index >= 15 is 0 Å². The van der Waals surface area contributed by atoms with Crippen molar-refractivity contribution in [1.82, 2.24) is 16.0 Å². The lowest BCUT2D eigenvalue weighted by atomic mass is 10.1. The average molecular weight is 342 g/mol. The summed E-state index contributed by atoms with van der Waals surface area (Å²) in [6.45, 7) is 8.42. The number of hydrogen-bond donors (Lipinski definition) is 4. The Morgan fingerprint density at radius 1 is 1.33 bits per heavy atom. The van der Waals surface area contributed by atoms with Crippen LogP contribution in [0.3, 0.4) is 0 Å². The molecule has 0 bridgehead atoms. The summed E-state index contributed by atoms with van der Waals surface area (Å²) in [6, 6.07) is 1.35. The van der Waals surface area contributed by atoms with Crippen molar-refractivity contribution in [3.8, 4) is 0 Å². The maximum Gasteiger partial charge on any atom is 0.407 e. The van der Waals surface area contributed by atoms with Crippen LogP contribution in [-0.4, -0.2) is 49.4 Å². The van der Waals surface area contributed by atoms with E-state index in [2.05, 4.69) is 27.9 Å². The second kappa shape index (κ2) is 9.71. The van der Waals surface area contributed by atoms with Crippen LogP contribution in [0.1, 0.15) is 59.8 Å². The van der Waals surface area contributed by atoms with Gasteiger partial charge in [0.25, 0.3) is 0 Å². The highest BCUT2D eigenvalue weighted by molar-refractivity contribution is 5.77. The molecule has 24 heavy (non-hydrogen) atoms. The molecule has 1 rings (SSSR count). The number of amides is 1. The molecule has 3 atom stereocenters. The quantitative estimate of drug-likeness (QED) is 0.321. The minimum absolute atomic E-state index is 0.344. The molecular weight excluding hydrogens is 306 g/mol. The summed E-state index contributed by atoms with van der Waals surface area (Å²) >= 11 is 0. The first-order chi connectivity index (χ1) is 11.2. The molecule has 7 nitrogen and oxygen atoms in total. The summed E-state index contributed by atoms with van der Waals surface area (Å²) in [7, 11) is 1.69. The van der Waals surface area contributed by atoms with Crippen molar-refractivity contribution in [3.63, 3.8) is 0 Å². The number of carbonyl (C=O) groups is 1. The first-order valence-corrected chi connectivity index (χ1v) is 8.91. The molecule has 0 radical (unpaired) electrons. The Balaban J connectivity index is 2.12. The van der Waals surface area contributed by atoms with Crippen LogP contribution >= 0.6 is 0 Å². The van der Waals surface area contributed by atoms with Crippen LogP contribution in [0.15, 0.2) is 4.99 Å². The second-order valence-corrected chi connectivity index (χ2v) is 7.60. The predicted octanol–water partition coefficient (Wildman–Crippen LogP) is 1.72. The normalized spacial score (nSPS) is 23.0. The maximum absolute atomic E-state index is 11.6. The molecule has 1 aliphatic carbocycles. The van der Waals surface area contributed by atoms with E-state index in [0.29, 0.717) is 30.6 Å². The van der Waals surface area contributed by atoms with E-state index in [1.165, 1.54) is 0 Å². The molecule has 0 heterocycles. The van der Waals surface area contributed by atoms with Gasteiger partial charge < -0.3 is 26.4 Å². The number of nitrogens with zero attached hydrogens (tertiary/aromatic N) is 1. The number of nitrogens with one attached hydrogen (secondary N) is 3. The van der Waals surface area contributed by atoms with Crippen molar-refractivity contribution >= 4 is 12.1 Å². The van der Waals surface area contributed by atoms with Gasteiger partial charge in [-0.15, -0.1) is 0 Å². The van der Waals surface area contributed by atoms with Gasteiger partial charge in [0.2, 0.25) is 0 Å². The van der Waals surface area contributed by atoms with Gasteiger partial charge in [0, 0.05) is 31.7 Å². The number of alkyl carbamates (subject to hydrolysis) is 1. The smallest absolute Gasteiger partial charge is 0.407 e. The van der Waals surface area contributed by atoms with Crippen LogP contribution < -0.4 is 21.7 Å². The Hall–Kier alpha value is -1.50. The zero-order chi connectivity index (χ0) is 18.2. The Labute approximate surface area is 146 Å². The van der Waals surface area contributed by atoms with Crippen LogP contribution in [0.4, 0.5) is 4.79 Å². The SMILES string of the molecule is CN=C(N)N[C@H]1CC[C@H](NC(C)CCCNC(=O)OC(C)(C)C)C1. The molecule has 0 aliphatic heterocycles. The van der Waals surface area contributed by atoms with Crippen molar-refractivity contribution in [2.24, 2.45) is 10.7 Å². The van der Waals surface area contributed by atoms with Crippen molar-refractivity contribution < 1.29 is 9.53 Å². The lowest BCUT2D eigenvalue weighted by Gasteiger charge is -2.21. The third-order valence-electron chi connectivity index (χ3n) is 4.03. The average Bonchev–Trinajstić information content (AvgIpc) is 2.88. The Morgan fingerprint density at radius 2 is 2.00 bits per heavy atom. The number of aliphatic imine (C=N–C) groups is 1. The summed E-state index contributed by atoms with van der Waals surface area (Å²) in [5.74, 6) is 0.516. The van der Waals surface area contributed by atoms with Crippen molar-refractivity contribution in [2.45, 2.75) is 83.5 Å². The molecule has 1 saturated carbocycles. The van der Waals surface area contributed by atoms with Gasteiger partial charge >= 0.3 is 6.09 Å². The molecule has 0 aromatic heterocycles. The number of nitrogens with two attached hydrogens (primary N) is 1. The predicted molar refractivity (Wildman–Crippen MR) is 98.2 cm³/mol. The van der Waals surface area contributed by atoms with Gasteiger partial charge in [0.15, 0.2) is 5.96 Å². The fourth-order valence-corrected chi connectivity index (χ4v) is 2.94. The number of rotatable bonds is 7. The number of ether oxygens (including phenoxy) is 1. The zero-order valence-corrected chi connectivity index (χ0v) is 15.8. The van der Waals surface area contributed by atoms with Crippen molar-refractivity contribution in [3.05, 3.63) is 0 Å². The van der Waals surface area contributed by atoms with E-state index in [4.69, 9.17) is 10.5 Å². The summed E-state index contributed by atoms with van der Waals surface area (Å²) < 4.78 is 5.21. The molecule has 5 N–H and O–H groups in total. The minimum atomic E-state index is -0.447. The highest BCUT2D eigenvalue weighted by Gasteiger charge is 2.25. The monoisotopic (exact) mass is 341 g/mol. The second-order valence-electron chi connectivity index (χ2n) is 7.60. The molecule has 1 amide bonds. The molecule has 7 heteroatoms. The largest absolute Gasteiger partial charge is 0.444 e. The molecule has 1 unspecified atom stereocenters. The van der Waals surface area contributed by atoms with Crippen molar-refractivity contribution in [2.75, 3.05) is 13.6 Å². The Morgan fingerprint density at radius 3 is 2.62 bits per heavy atom. The third-order valence-corrected chi connectivity index (χ3v) is 4.03. The van der Waals surface area contributed by atoms with Crippen LogP contribution in [0.2, 0.25) is 0 Å². The van der Waals surface area contributed by atoms with E-state index in [0.717, 1.165) is 32.1 Å².